The van der Waals surface area contributed by atoms with Crippen LogP contribution in [0.3, 0.4) is 0 Å². The Hall–Kier alpha value is -4.54. The van der Waals surface area contributed by atoms with Crippen molar-refractivity contribution in [2.75, 3.05) is 6.54 Å². The quantitative estimate of drug-likeness (QED) is 0.296. The van der Waals surface area contributed by atoms with Gasteiger partial charge < -0.3 is 25.3 Å². The Morgan fingerprint density at radius 1 is 1.05 bits per heavy atom. The first-order valence-corrected chi connectivity index (χ1v) is 12.6. The van der Waals surface area contributed by atoms with E-state index in [2.05, 4.69) is 15.2 Å². The van der Waals surface area contributed by atoms with Crippen LogP contribution in [0.5, 0.6) is 0 Å². The number of nitrogens with zero attached hydrogens (tertiary/aromatic N) is 6. The number of aliphatic carboxylic acids is 3. The molecule has 4 N–H and O–H groups in total. The van der Waals surface area contributed by atoms with Crippen LogP contribution in [-0.2, 0) is 34.0 Å². The lowest BCUT2D eigenvalue weighted by Gasteiger charge is -2.23. The monoisotopic (exact) mass is 598 g/mol. The number of halogens is 3. The van der Waals surface area contributed by atoms with Crippen LogP contribution in [0.1, 0.15) is 71.8 Å². The second-order valence-corrected chi connectivity index (χ2v) is 9.76. The van der Waals surface area contributed by atoms with Crippen LogP contribution in [-0.4, -0.2) is 85.7 Å². The van der Waals surface area contributed by atoms with E-state index in [1.165, 1.54) is 0 Å². The first-order chi connectivity index (χ1) is 19.5. The summed E-state index contributed by atoms with van der Waals surface area (Å²) < 4.78 is 43.0. The van der Waals surface area contributed by atoms with E-state index in [-0.39, 0.29) is 11.6 Å². The molecule has 1 aliphatic rings. The maximum atomic E-state index is 13.5. The fourth-order valence-electron chi connectivity index (χ4n) is 4.59. The largest absolute Gasteiger partial charge is 0.481 e. The molecule has 228 valence electrons. The molecule has 0 aromatic carbocycles. The van der Waals surface area contributed by atoms with Crippen molar-refractivity contribution in [3.8, 4) is 0 Å². The van der Waals surface area contributed by atoms with Crippen LogP contribution in [0.15, 0.2) is 18.3 Å². The lowest BCUT2D eigenvalue weighted by molar-refractivity contribution is -0.170. The van der Waals surface area contributed by atoms with Gasteiger partial charge in [-0.1, -0.05) is 6.92 Å². The molecule has 1 unspecified atom stereocenters. The highest BCUT2D eigenvalue weighted by Gasteiger charge is 2.41. The van der Waals surface area contributed by atoms with Gasteiger partial charge in [0.05, 0.1) is 35.8 Å². The van der Waals surface area contributed by atoms with E-state index in [0.29, 0.717) is 42.0 Å². The lowest BCUT2D eigenvalue weighted by Crippen LogP contribution is -2.42. The summed E-state index contributed by atoms with van der Waals surface area (Å²) in [5.74, 6) is -5.21. The lowest BCUT2D eigenvalue weighted by atomic mass is 9.96. The van der Waals surface area contributed by atoms with Crippen LogP contribution in [0, 0.1) is 6.92 Å². The average molecular weight is 599 g/mol. The Kier molecular flexibility index (Phi) is 9.24. The molecule has 0 bridgehead atoms. The normalized spacial score (nSPS) is 15.4. The van der Waals surface area contributed by atoms with Gasteiger partial charge in [-0.15, -0.1) is 0 Å². The summed E-state index contributed by atoms with van der Waals surface area (Å²) in [6.45, 7) is 4.03. The number of carboxylic acids is 3. The SMILES string of the molecule is CCc1cc(C(F)(F)F)n2nc(C3CCCN3C(=O)c3cn(C)nc3C)cc2n1.O=C(O)CC(O)(CC(=O)O)C(=O)O. The third-order valence-electron chi connectivity index (χ3n) is 6.54. The standard InChI is InChI=1S/C19H21F3N6O.C6H8O7/c1-4-12-8-16(19(20,21)22)28-17(23-12)9-14(25-28)15-6-5-7-27(15)18(29)13-10-26(3)24-11(13)2;7-3(8)1-6(13,5(11)12)2-4(9)10/h8-10,15H,4-7H2,1-3H3;13H,1-2H2,(H,7,8)(H,9,10)(H,11,12). The number of carboxylic acid groups (broad SMARTS) is 3. The van der Waals surface area contributed by atoms with E-state index in [1.807, 2.05) is 0 Å². The van der Waals surface area contributed by atoms with E-state index < -0.39 is 54.3 Å². The smallest absolute Gasteiger partial charge is 0.433 e. The molecule has 42 heavy (non-hydrogen) atoms. The molecule has 0 spiro atoms. The number of aryl methyl sites for hydroxylation is 3. The molecule has 1 saturated heterocycles. The van der Waals surface area contributed by atoms with Gasteiger partial charge in [-0.25, -0.2) is 14.3 Å². The van der Waals surface area contributed by atoms with Crippen molar-refractivity contribution in [3.63, 3.8) is 0 Å². The Morgan fingerprint density at radius 2 is 1.67 bits per heavy atom. The Labute approximate surface area is 236 Å². The molecule has 4 heterocycles. The van der Waals surface area contributed by atoms with Gasteiger partial charge in [0.1, 0.15) is 5.69 Å². The van der Waals surface area contributed by atoms with Crippen molar-refractivity contribution in [2.45, 2.75) is 63.8 Å². The highest BCUT2D eigenvalue weighted by Crippen LogP contribution is 2.35. The molecule has 1 amide bonds. The summed E-state index contributed by atoms with van der Waals surface area (Å²) in [6, 6.07) is 2.19. The number of hydrogen-bond donors (Lipinski definition) is 4. The minimum atomic E-state index is -4.55. The molecule has 4 rings (SSSR count). The molecular formula is C25H29F3N6O8. The second-order valence-electron chi connectivity index (χ2n) is 9.76. The molecule has 17 heteroatoms. The number of rotatable bonds is 8. The summed E-state index contributed by atoms with van der Waals surface area (Å²) in [4.78, 5) is 49.5. The topological polar surface area (TPSA) is 200 Å². The Balaban J connectivity index is 0.000000316. The zero-order chi connectivity index (χ0) is 31.6. The number of fused-ring (bicyclic) bond motifs is 1. The third kappa shape index (κ3) is 7.02. The van der Waals surface area contributed by atoms with Crippen LogP contribution in [0.4, 0.5) is 13.2 Å². The molecule has 3 aromatic heterocycles. The van der Waals surface area contributed by atoms with Crippen LogP contribution >= 0.6 is 0 Å². The van der Waals surface area contributed by atoms with Crippen LogP contribution in [0.25, 0.3) is 5.65 Å². The van der Waals surface area contributed by atoms with Gasteiger partial charge in [0.15, 0.2) is 11.2 Å². The number of hydrogen-bond acceptors (Lipinski definition) is 8. The maximum Gasteiger partial charge on any atom is 0.433 e. The number of carbonyl (C=O) groups is 4. The molecule has 0 saturated carbocycles. The number of likely N-dealkylation sites (tertiary alicyclic amines) is 1. The van der Waals surface area contributed by atoms with Crippen molar-refractivity contribution in [1.29, 1.82) is 0 Å². The van der Waals surface area contributed by atoms with Gasteiger partial charge in [-0.2, -0.15) is 23.4 Å². The summed E-state index contributed by atoms with van der Waals surface area (Å²) >= 11 is 0. The predicted octanol–water partition coefficient (Wildman–Crippen LogP) is 2.08. The van der Waals surface area contributed by atoms with E-state index in [0.717, 1.165) is 17.0 Å². The molecule has 3 aromatic rings. The summed E-state index contributed by atoms with van der Waals surface area (Å²) in [6.07, 6.45) is -3.40. The van der Waals surface area contributed by atoms with Gasteiger partial charge in [0, 0.05) is 31.5 Å². The fourth-order valence-corrected chi connectivity index (χ4v) is 4.59. The molecule has 0 radical (unpaired) electrons. The van der Waals surface area contributed by atoms with Crippen molar-refractivity contribution < 1.29 is 52.8 Å². The van der Waals surface area contributed by atoms with Gasteiger partial charge in [0.25, 0.3) is 5.91 Å². The van der Waals surface area contributed by atoms with Gasteiger partial charge >= 0.3 is 24.1 Å². The van der Waals surface area contributed by atoms with Crippen molar-refractivity contribution in [2.24, 2.45) is 7.05 Å². The van der Waals surface area contributed by atoms with Gasteiger partial charge in [-0.3, -0.25) is 19.1 Å². The van der Waals surface area contributed by atoms with Gasteiger partial charge in [-0.05, 0) is 32.3 Å². The number of alkyl halides is 3. The van der Waals surface area contributed by atoms with E-state index in [9.17, 15) is 32.3 Å². The zero-order valence-corrected chi connectivity index (χ0v) is 22.8. The highest BCUT2D eigenvalue weighted by molar-refractivity contribution is 5.95. The van der Waals surface area contributed by atoms with Gasteiger partial charge in [0.2, 0.25) is 0 Å². The third-order valence-corrected chi connectivity index (χ3v) is 6.54. The minimum Gasteiger partial charge on any atom is -0.481 e. The van der Waals surface area contributed by atoms with Crippen LogP contribution in [0.2, 0.25) is 0 Å². The summed E-state index contributed by atoms with van der Waals surface area (Å²) in [5, 5.41) is 42.2. The van der Waals surface area contributed by atoms with E-state index >= 15 is 0 Å². The molecular weight excluding hydrogens is 569 g/mol. The fraction of sp³-hybridized carbons (Fsp3) is 0.480. The van der Waals surface area contributed by atoms with Crippen molar-refractivity contribution in [1.82, 2.24) is 29.3 Å². The van der Waals surface area contributed by atoms with Crippen molar-refractivity contribution >= 4 is 29.5 Å². The van der Waals surface area contributed by atoms with E-state index in [1.54, 1.807) is 42.7 Å². The first kappa shape index (κ1) is 32.0. The minimum absolute atomic E-state index is 0.142. The number of aromatic nitrogens is 5. The average Bonchev–Trinajstić information content (AvgIpc) is 3.59. The summed E-state index contributed by atoms with van der Waals surface area (Å²) in [5.41, 5.74) is -1.58. The second kappa shape index (κ2) is 12.1. The molecule has 14 nitrogen and oxygen atoms in total. The zero-order valence-electron chi connectivity index (χ0n) is 22.8. The molecule has 1 atom stereocenters. The number of aliphatic hydroxyl groups is 1. The number of carbonyl (C=O) groups excluding carboxylic acids is 1. The Morgan fingerprint density at radius 3 is 2.14 bits per heavy atom. The molecule has 0 aliphatic carbocycles. The summed E-state index contributed by atoms with van der Waals surface area (Å²) in [7, 11) is 1.74. The Bertz CT molecular complexity index is 1500. The van der Waals surface area contributed by atoms with Crippen molar-refractivity contribution in [3.05, 3.63) is 46.7 Å². The predicted molar refractivity (Wildman–Crippen MR) is 135 cm³/mol. The van der Waals surface area contributed by atoms with E-state index in [4.69, 9.17) is 20.4 Å². The molecule has 1 aliphatic heterocycles. The highest BCUT2D eigenvalue weighted by atomic mass is 19.4. The first-order valence-electron chi connectivity index (χ1n) is 12.6. The number of amides is 1. The maximum absolute atomic E-state index is 13.5. The van der Waals surface area contributed by atoms with Crippen LogP contribution < -0.4 is 0 Å². The molecule has 1 fully saturated rings.